The molecule has 0 aliphatic rings. The van der Waals surface area contributed by atoms with Crippen molar-refractivity contribution in [2.24, 2.45) is 0 Å². The highest BCUT2D eigenvalue weighted by molar-refractivity contribution is 6.36. The van der Waals surface area contributed by atoms with Crippen LogP contribution in [0.25, 0.3) is 0 Å². The number of ketones is 2. The van der Waals surface area contributed by atoms with Crippen LogP contribution in [0.3, 0.4) is 0 Å². The Balaban J connectivity index is 3.07. The van der Waals surface area contributed by atoms with Gasteiger partial charge in [-0.05, 0) is 6.42 Å². The summed E-state index contributed by atoms with van der Waals surface area (Å²) in [5, 5.41) is 0. The molecule has 0 heterocycles. The molecule has 0 saturated heterocycles. The second-order valence-corrected chi connectivity index (χ2v) is 5.26. The summed E-state index contributed by atoms with van der Waals surface area (Å²) in [4.78, 5) is 21.8. The molecule has 2 heteroatoms. The number of rotatable bonds is 13. The van der Waals surface area contributed by atoms with Crippen molar-refractivity contribution in [2.45, 2.75) is 90.9 Å². The normalized spacial score (nSPS) is 10.6. The van der Waals surface area contributed by atoms with Crippen LogP contribution < -0.4 is 0 Å². The Morgan fingerprint density at radius 1 is 0.667 bits per heavy atom. The van der Waals surface area contributed by atoms with Crippen molar-refractivity contribution in [2.75, 3.05) is 0 Å². The fraction of sp³-hybridized carbons (Fsp3) is 0.875. The number of unbranched alkanes of at least 4 members (excludes halogenated alkanes) is 10. The van der Waals surface area contributed by atoms with E-state index in [1.165, 1.54) is 64.7 Å². The summed E-state index contributed by atoms with van der Waals surface area (Å²) < 4.78 is 0. The molecule has 0 aliphatic heterocycles. The van der Waals surface area contributed by atoms with E-state index in [0.29, 0.717) is 6.42 Å². The van der Waals surface area contributed by atoms with Crippen LogP contribution in [0.2, 0.25) is 0 Å². The molecule has 0 aromatic rings. The van der Waals surface area contributed by atoms with Gasteiger partial charge in [0.05, 0.1) is 0 Å². The quantitative estimate of drug-likeness (QED) is 0.348. The molecule has 0 aromatic carbocycles. The van der Waals surface area contributed by atoms with Crippen molar-refractivity contribution in [1.82, 2.24) is 0 Å². The fourth-order valence-corrected chi connectivity index (χ4v) is 2.13. The molecule has 0 rings (SSSR count). The zero-order chi connectivity index (χ0) is 13.6. The second-order valence-electron chi connectivity index (χ2n) is 5.26. The predicted molar refractivity (Wildman–Crippen MR) is 76.8 cm³/mol. The maximum atomic E-state index is 11.1. The molecule has 0 unspecified atom stereocenters. The summed E-state index contributed by atoms with van der Waals surface area (Å²) in [7, 11) is 0. The van der Waals surface area contributed by atoms with E-state index in [9.17, 15) is 9.59 Å². The minimum atomic E-state index is -0.290. The Kier molecular flexibility index (Phi) is 12.3. The highest BCUT2D eigenvalue weighted by atomic mass is 16.2. The van der Waals surface area contributed by atoms with Crippen molar-refractivity contribution < 1.29 is 9.59 Å². The van der Waals surface area contributed by atoms with Crippen LogP contribution in [0.4, 0.5) is 0 Å². The summed E-state index contributed by atoms with van der Waals surface area (Å²) in [5.74, 6) is -0.493. The lowest BCUT2D eigenvalue weighted by atomic mass is 10.0. The summed E-state index contributed by atoms with van der Waals surface area (Å²) in [6.07, 6.45) is 14.5. The number of carbonyl (C=O) groups excluding carboxylic acids is 2. The third kappa shape index (κ3) is 11.8. The molecule has 0 aromatic heterocycles. The van der Waals surface area contributed by atoms with E-state index in [4.69, 9.17) is 0 Å². The first kappa shape index (κ1) is 17.3. The van der Waals surface area contributed by atoms with E-state index in [1.807, 2.05) is 0 Å². The maximum Gasteiger partial charge on any atom is 0.198 e. The molecule has 18 heavy (non-hydrogen) atoms. The van der Waals surface area contributed by atoms with Crippen molar-refractivity contribution in [3.63, 3.8) is 0 Å². The van der Waals surface area contributed by atoms with Gasteiger partial charge in [0.1, 0.15) is 0 Å². The van der Waals surface area contributed by atoms with Crippen molar-refractivity contribution >= 4 is 11.6 Å². The summed E-state index contributed by atoms with van der Waals surface area (Å²) in [6, 6.07) is 0. The molecule has 0 atom stereocenters. The summed E-state index contributed by atoms with van der Waals surface area (Å²) >= 11 is 0. The van der Waals surface area contributed by atoms with Gasteiger partial charge in [-0.3, -0.25) is 9.59 Å². The highest BCUT2D eigenvalue weighted by Crippen LogP contribution is 2.11. The van der Waals surface area contributed by atoms with Crippen LogP contribution >= 0.6 is 0 Å². The third-order valence-corrected chi connectivity index (χ3v) is 3.40. The Labute approximate surface area is 113 Å². The number of Topliss-reactive ketones (excluding diaryl/α,β-unsaturated/α-hetero) is 2. The Hall–Kier alpha value is -0.660. The lowest BCUT2D eigenvalue weighted by Crippen LogP contribution is -2.08. The summed E-state index contributed by atoms with van der Waals surface area (Å²) in [5.41, 5.74) is 0. The minimum absolute atomic E-state index is 0.203. The van der Waals surface area contributed by atoms with Crippen molar-refractivity contribution in [1.29, 1.82) is 0 Å². The van der Waals surface area contributed by atoms with Gasteiger partial charge in [0.15, 0.2) is 11.6 Å². The van der Waals surface area contributed by atoms with Crippen molar-refractivity contribution in [3.8, 4) is 0 Å². The van der Waals surface area contributed by atoms with E-state index in [2.05, 4.69) is 6.92 Å². The van der Waals surface area contributed by atoms with Crippen LogP contribution in [0.5, 0.6) is 0 Å². The number of hydrogen-bond acceptors (Lipinski definition) is 2. The SMILES string of the molecule is CCCCCCCCCCCCCC(=O)C(C)=O. The van der Waals surface area contributed by atoms with Gasteiger partial charge >= 0.3 is 0 Å². The molecule has 0 amide bonds. The standard InChI is InChI=1S/C16H30O2/c1-3-4-5-6-7-8-9-10-11-12-13-14-16(18)15(2)17/h3-14H2,1-2H3. The van der Waals surface area contributed by atoms with Gasteiger partial charge in [-0.1, -0.05) is 71.1 Å². The lowest BCUT2D eigenvalue weighted by molar-refractivity contribution is -0.135. The van der Waals surface area contributed by atoms with Gasteiger partial charge in [-0.15, -0.1) is 0 Å². The molecule has 0 N–H and O–H groups in total. The molecular weight excluding hydrogens is 224 g/mol. The van der Waals surface area contributed by atoms with Crippen LogP contribution in [-0.4, -0.2) is 11.6 Å². The van der Waals surface area contributed by atoms with E-state index in [-0.39, 0.29) is 11.6 Å². The third-order valence-electron chi connectivity index (χ3n) is 3.40. The first-order chi connectivity index (χ1) is 8.68. The summed E-state index contributed by atoms with van der Waals surface area (Å²) in [6.45, 7) is 3.61. The van der Waals surface area contributed by atoms with Crippen LogP contribution in [0.15, 0.2) is 0 Å². The van der Waals surface area contributed by atoms with Crippen LogP contribution in [0, 0.1) is 0 Å². The smallest absolute Gasteiger partial charge is 0.198 e. The van der Waals surface area contributed by atoms with Crippen LogP contribution in [-0.2, 0) is 9.59 Å². The number of hydrogen-bond donors (Lipinski definition) is 0. The predicted octanol–water partition coefficient (Wildman–Crippen LogP) is 4.85. The monoisotopic (exact) mass is 254 g/mol. The Bertz CT molecular complexity index is 221. The maximum absolute atomic E-state index is 11.1. The lowest BCUT2D eigenvalue weighted by Gasteiger charge is -2.02. The van der Waals surface area contributed by atoms with Gasteiger partial charge in [0.2, 0.25) is 0 Å². The zero-order valence-corrected chi connectivity index (χ0v) is 12.3. The first-order valence-electron chi connectivity index (χ1n) is 7.72. The molecule has 0 saturated carbocycles. The fourth-order valence-electron chi connectivity index (χ4n) is 2.13. The molecule has 0 spiro atoms. The average Bonchev–Trinajstić information content (AvgIpc) is 2.35. The van der Waals surface area contributed by atoms with E-state index in [1.54, 1.807) is 0 Å². The number of carbonyl (C=O) groups is 2. The molecule has 106 valence electrons. The van der Waals surface area contributed by atoms with Crippen LogP contribution in [0.1, 0.15) is 90.9 Å². The minimum Gasteiger partial charge on any atom is -0.291 e. The Morgan fingerprint density at radius 3 is 1.44 bits per heavy atom. The van der Waals surface area contributed by atoms with Gasteiger partial charge in [-0.25, -0.2) is 0 Å². The molecule has 0 radical (unpaired) electrons. The largest absolute Gasteiger partial charge is 0.291 e. The molecule has 0 bridgehead atoms. The average molecular weight is 254 g/mol. The van der Waals surface area contributed by atoms with Crippen molar-refractivity contribution in [3.05, 3.63) is 0 Å². The molecular formula is C16H30O2. The van der Waals surface area contributed by atoms with E-state index in [0.717, 1.165) is 12.8 Å². The van der Waals surface area contributed by atoms with Gasteiger partial charge in [-0.2, -0.15) is 0 Å². The Morgan fingerprint density at radius 2 is 1.06 bits per heavy atom. The highest BCUT2D eigenvalue weighted by Gasteiger charge is 2.05. The van der Waals surface area contributed by atoms with Gasteiger partial charge < -0.3 is 0 Å². The first-order valence-corrected chi connectivity index (χ1v) is 7.72. The molecule has 0 fully saturated rings. The molecule has 0 aliphatic carbocycles. The second kappa shape index (κ2) is 12.8. The molecule has 2 nitrogen and oxygen atoms in total. The zero-order valence-electron chi connectivity index (χ0n) is 12.3. The van der Waals surface area contributed by atoms with E-state index < -0.39 is 0 Å². The van der Waals surface area contributed by atoms with Gasteiger partial charge in [0.25, 0.3) is 0 Å². The topological polar surface area (TPSA) is 34.1 Å². The van der Waals surface area contributed by atoms with Gasteiger partial charge in [0, 0.05) is 13.3 Å². The van der Waals surface area contributed by atoms with E-state index >= 15 is 0 Å².